The number of ether oxygens (including phenoxy) is 1. The molecule has 0 aliphatic rings. The second kappa shape index (κ2) is 10.1. The Kier molecular flexibility index (Phi) is 8.01. The molecule has 0 fully saturated rings. The standard InChI is InChI=1S/C23H29ClN2O4/c1-23(2,3)30-22(29)26(12-11-25(4)5)21(28)17-8-6-7-16(13-17)20-14-19(24)10-9-18(20)15-27/h6-10,13-14,27H,11-12,15H2,1-5H3. The molecule has 2 aromatic carbocycles. The number of aliphatic hydroxyl groups is 1. The number of halogens is 1. The van der Waals surface area contributed by atoms with Gasteiger partial charge < -0.3 is 14.7 Å². The normalized spacial score (nSPS) is 11.5. The molecule has 0 aliphatic heterocycles. The molecule has 2 amide bonds. The zero-order valence-electron chi connectivity index (χ0n) is 18.1. The summed E-state index contributed by atoms with van der Waals surface area (Å²) < 4.78 is 5.44. The van der Waals surface area contributed by atoms with Crippen molar-refractivity contribution in [2.75, 3.05) is 27.2 Å². The van der Waals surface area contributed by atoms with E-state index in [2.05, 4.69) is 0 Å². The van der Waals surface area contributed by atoms with Crippen LogP contribution >= 0.6 is 11.6 Å². The minimum absolute atomic E-state index is 0.155. The van der Waals surface area contributed by atoms with Gasteiger partial charge in [-0.1, -0.05) is 29.8 Å². The van der Waals surface area contributed by atoms with Gasteiger partial charge in [-0.25, -0.2) is 9.69 Å². The van der Waals surface area contributed by atoms with Crippen LogP contribution in [0.5, 0.6) is 0 Å². The van der Waals surface area contributed by atoms with Crippen molar-refractivity contribution in [2.24, 2.45) is 0 Å². The van der Waals surface area contributed by atoms with Gasteiger partial charge in [-0.2, -0.15) is 0 Å². The zero-order chi connectivity index (χ0) is 22.5. The first kappa shape index (κ1) is 23.9. The lowest BCUT2D eigenvalue weighted by atomic mass is 9.98. The smallest absolute Gasteiger partial charge is 0.417 e. The maximum Gasteiger partial charge on any atom is 0.417 e. The van der Waals surface area contributed by atoms with Gasteiger partial charge in [0, 0.05) is 23.7 Å². The van der Waals surface area contributed by atoms with E-state index in [0.29, 0.717) is 22.7 Å². The molecule has 0 heterocycles. The van der Waals surface area contributed by atoms with Crippen LogP contribution in [0, 0.1) is 0 Å². The number of hydrogen-bond acceptors (Lipinski definition) is 5. The van der Waals surface area contributed by atoms with Gasteiger partial charge in [-0.05, 0) is 75.8 Å². The number of carbonyl (C=O) groups is 2. The van der Waals surface area contributed by atoms with Crippen molar-refractivity contribution >= 4 is 23.6 Å². The Bertz CT molecular complexity index is 906. The molecule has 0 spiro atoms. The fraction of sp³-hybridized carbons (Fsp3) is 0.391. The number of nitrogens with zero attached hydrogens (tertiary/aromatic N) is 2. The third-order valence-corrected chi connectivity index (χ3v) is 4.53. The molecule has 0 aliphatic carbocycles. The topological polar surface area (TPSA) is 70.1 Å². The monoisotopic (exact) mass is 432 g/mol. The van der Waals surface area contributed by atoms with E-state index >= 15 is 0 Å². The third-order valence-electron chi connectivity index (χ3n) is 4.29. The van der Waals surface area contributed by atoms with E-state index < -0.39 is 17.6 Å². The average Bonchev–Trinajstić information content (AvgIpc) is 2.66. The second-order valence-electron chi connectivity index (χ2n) is 8.28. The van der Waals surface area contributed by atoms with Crippen molar-refractivity contribution in [3.63, 3.8) is 0 Å². The van der Waals surface area contributed by atoms with Crippen LogP contribution in [0.4, 0.5) is 4.79 Å². The molecule has 1 N–H and O–H groups in total. The Morgan fingerprint density at radius 3 is 2.37 bits per heavy atom. The maximum absolute atomic E-state index is 13.2. The number of imide groups is 1. The molecule has 0 bridgehead atoms. The van der Waals surface area contributed by atoms with Crippen molar-refractivity contribution in [1.29, 1.82) is 0 Å². The number of benzene rings is 2. The molecule has 0 aromatic heterocycles. The Hall–Kier alpha value is -2.41. The highest BCUT2D eigenvalue weighted by Crippen LogP contribution is 2.28. The lowest BCUT2D eigenvalue weighted by Gasteiger charge is -2.27. The Morgan fingerprint density at radius 2 is 1.77 bits per heavy atom. The first-order valence-corrected chi connectivity index (χ1v) is 10.1. The van der Waals surface area contributed by atoms with Crippen LogP contribution in [0.1, 0.15) is 36.7 Å². The van der Waals surface area contributed by atoms with E-state index in [9.17, 15) is 14.7 Å². The van der Waals surface area contributed by atoms with E-state index in [1.165, 1.54) is 0 Å². The summed E-state index contributed by atoms with van der Waals surface area (Å²) in [5, 5.41) is 10.2. The van der Waals surface area contributed by atoms with Gasteiger partial charge in [0.05, 0.1) is 6.61 Å². The Labute approximate surface area is 183 Å². The van der Waals surface area contributed by atoms with E-state index in [-0.39, 0.29) is 13.2 Å². The summed E-state index contributed by atoms with van der Waals surface area (Å²) in [6, 6.07) is 12.1. The SMILES string of the molecule is CN(C)CCN(C(=O)OC(C)(C)C)C(=O)c1cccc(-c2cc(Cl)ccc2CO)c1. The number of rotatable bonds is 6. The summed E-state index contributed by atoms with van der Waals surface area (Å²) in [5.41, 5.74) is 1.79. The van der Waals surface area contributed by atoms with E-state index in [0.717, 1.165) is 16.0 Å². The summed E-state index contributed by atoms with van der Waals surface area (Å²) in [6.07, 6.45) is -0.682. The third kappa shape index (κ3) is 6.55. The van der Waals surface area contributed by atoms with E-state index in [1.807, 2.05) is 25.1 Å². The highest BCUT2D eigenvalue weighted by molar-refractivity contribution is 6.30. The van der Waals surface area contributed by atoms with E-state index in [1.54, 1.807) is 57.2 Å². The molecule has 162 valence electrons. The largest absolute Gasteiger partial charge is 0.443 e. The fourth-order valence-electron chi connectivity index (χ4n) is 2.82. The molecular weight excluding hydrogens is 404 g/mol. The predicted molar refractivity (Wildman–Crippen MR) is 119 cm³/mol. The first-order valence-electron chi connectivity index (χ1n) is 9.71. The molecular formula is C23H29ClN2O4. The minimum atomic E-state index is -0.716. The molecule has 6 nitrogen and oxygen atoms in total. The van der Waals surface area contributed by atoms with Crippen molar-refractivity contribution < 1.29 is 19.4 Å². The van der Waals surface area contributed by atoms with Crippen LogP contribution in [0.2, 0.25) is 5.02 Å². The van der Waals surface area contributed by atoms with Gasteiger partial charge in [0.1, 0.15) is 5.60 Å². The van der Waals surface area contributed by atoms with Crippen LogP contribution in [-0.2, 0) is 11.3 Å². The molecule has 0 saturated heterocycles. The molecule has 2 rings (SSSR count). The quantitative estimate of drug-likeness (QED) is 0.730. The highest BCUT2D eigenvalue weighted by atomic mass is 35.5. The number of aliphatic hydroxyl groups excluding tert-OH is 1. The lowest BCUT2D eigenvalue weighted by molar-refractivity contribution is 0.0233. The van der Waals surface area contributed by atoms with Crippen molar-refractivity contribution in [1.82, 2.24) is 9.80 Å². The van der Waals surface area contributed by atoms with E-state index in [4.69, 9.17) is 16.3 Å². The summed E-state index contributed by atoms with van der Waals surface area (Å²) in [6.45, 7) is 5.83. The summed E-state index contributed by atoms with van der Waals surface area (Å²) >= 11 is 6.13. The average molecular weight is 433 g/mol. The molecule has 0 unspecified atom stereocenters. The van der Waals surface area contributed by atoms with Crippen LogP contribution in [-0.4, -0.2) is 59.7 Å². The fourth-order valence-corrected chi connectivity index (χ4v) is 3.00. The molecule has 7 heteroatoms. The van der Waals surface area contributed by atoms with Crippen molar-refractivity contribution in [2.45, 2.75) is 33.0 Å². The van der Waals surface area contributed by atoms with Crippen LogP contribution in [0.3, 0.4) is 0 Å². The summed E-state index contributed by atoms with van der Waals surface area (Å²) in [7, 11) is 3.74. The number of likely N-dealkylation sites (N-methyl/N-ethyl adjacent to an activating group) is 1. The zero-order valence-corrected chi connectivity index (χ0v) is 18.9. The number of hydrogen-bond donors (Lipinski definition) is 1. The number of amides is 2. The van der Waals surface area contributed by atoms with Crippen LogP contribution in [0.15, 0.2) is 42.5 Å². The highest BCUT2D eigenvalue weighted by Gasteiger charge is 2.28. The molecule has 0 atom stereocenters. The first-order chi connectivity index (χ1) is 14.0. The van der Waals surface area contributed by atoms with Crippen molar-refractivity contribution in [3.05, 3.63) is 58.6 Å². The van der Waals surface area contributed by atoms with Crippen LogP contribution in [0.25, 0.3) is 11.1 Å². The summed E-state index contributed by atoms with van der Waals surface area (Å²) in [5.74, 6) is -0.444. The Morgan fingerprint density at radius 1 is 1.07 bits per heavy atom. The molecule has 0 saturated carbocycles. The molecule has 2 aromatic rings. The minimum Gasteiger partial charge on any atom is -0.443 e. The summed E-state index contributed by atoms with van der Waals surface area (Å²) in [4.78, 5) is 28.9. The van der Waals surface area contributed by atoms with Crippen LogP contribution < -0.4 is 0 Å². The predicted octanol–water partition coefficient (Wildman–Crippen LogP) is 4.44. The van der Waals surface area contributed by atoms with Gasteiger partial charge in [-0.3, -0.25) is 4.79 Å². The van der Waals surface area contributed by atoms with Gasteiger partial charge in [0.25, 0.3) is 5.91 Å². The van der Waals surface area contributed by atoms with Gasteiger partial charge in [-0.15, -0.1) is 0 Å². The van der Waals surface area contributed by atoms with Crippen molar-refractivity contribution in [3.8, 4) is 11.1 Å². The van der Waals surface area contributed by atoms with Gasteiger partial charge >= 0.3 is 6.09 Å². The van der Waals surface area contributed by atoms with Gasteiger partial charge in [0.15, 0.2) is 0 Å². The maximum atomic E-state index is 13.2. The van der Waals surface area contributed by atoms with Gasteiger partial charge in [0.2, 0.25) is 0 Å². The Balaban J connectivity index is 2.40. The molecule has 0 radical (unpaired) electrons. The molecule has 30 heavy (non-hydrogen) atoms. The lowest BCUT2D eigenvalue weighted by Crippen LogP contribution is -2.44. The second-order valence-corrected chi connectivity index (χ2v) is 8.72. The number of carbonyl (C=O) groups excluding carboxylic acids is 2.